The first-order chi connectivity index (χ1) is 11.8. The fraction of sp³-hybridized carbons (Fsp3) is 0.0625. The van der Waals surface area contributed by atoms with Crippen molar-refractivity contribution in [2.24, 2.45) is 0 Å². The Morgan fingerprint density at radius 1 is 1.04 bits per heavy atom. The molecule has 3 aromatic rings. The van der Waals surface area contributed by atoms with Crippen molar-refractivity contribution in [2.45, 2.75) is 6.36 Å². The van der Waals surface area contributed by atoms with Crippen molar-refractivity contribution < 1.29 is 17.9 Å². The third-order valence-electron chi connectivity index (χ3n) is 3.20. The van der Waals surface area contributed by atoms with Crippen molar-refractivity contribution >= 4 is 0 Å². The summed E-state index contributed by atoms with van der Waals surface area (Å²) in [5, 5.41) is 0. The van der Waals surface area contributed by atoms with Gasteiger partial charge in [-0.3, -0.25) is 9.78 Å². The molecule has 128 valence electrons. The van der Waals surface area contributed by atoms with Crippen molar-refractivity contribution in [1.29, 1.82) is 0 Å². The van der Waals surface area contributed by atoms with E-state index in [1.165, 1.54) is 24.4 Å². The van der Waals surface area contributed by atoms with Gasteiger partial charge in [0.15, 0.2) is 0 Å². The van der Waals surface area contributed by atoms with Gasteiger partial charge in [0.05, 0.1) is 17.1 Å². The van der Waals surface area contributed by atoms with Crippen molar-refractivity contribution in [2.75, 3.05) is 0 Å². The van der Waals surface area contributed by atoms with E-state index >= 15 is 0 Å². The quantitative estimate of drug-likeness (QED) is 0.788. The third-order valence-corrected chi connectivity index (χ3v) is 3.20. The van der Waals surface area contributed by atoms with Gasteiger partial charge in [-0.2, -0.15) is 0 Å². The highest BCUT2D eigenvalue weighted by atomic mass is 19.4. The Bertz CT molecular complexity index is 962. The second-order valence-electron chi connectivity index (χ2n) is 4.92. The minimum Gasteiger partial charge on any atom is -0.406 e. The summed E-state index contributed by atoms with van der Waals surface area (Å²) in [5.74, 6) is -0.453. The number of nitrogens with one attached hydrogen (secondary N) is 1. The molecular formula is C16H10F3N3O3. The molecule has 6 nitrogen and oxygen atoms in total. The van der Waals surface area contributed by atoms with Crippen LogP contribution in [0.4, 0.5) is 13.2 Å². The average Bonchev–Trinajstić information content (AvgIpc) is 2.55. The highest BCUT2D eigenvalue weighted by molar-refractivity contribution is 5.52. The molecule has 2 heterocycles. The maximum Gasteiger partial charge on any atom is 0.573 e. The highest BCUT2D eigenvalue weighted by Crippen LogP contribution is 2.23. The lowest BCUT2D eigenvalue weighted by atomic mass is 10.2. The summed E-state index contributed by atoms with van der Waals surface area (Å²) < 4.78 is 41.0. The third kappa shape index (κ3) is 3.77. The lowest BCUT2D eigenvalue weighted by Gasteiger charge is -2.10. The van der Waals surface area contributed by atoms with Gasteiger partial charge in [0.25, 0.3) is 5.56 Å². The fourth-order valence-corrected chi connectivity index (χ4v) is 2.20. The minimum absolute atomic E-state index is 0.105. The van der Waals surface area contributed by atoms with E-state index in [1.54, 1.807) is 18.2 Å². The number of pyridine rings is 1. The highest BCUT2D eigenvalue weighted by Gasteiger charge is 2.31. The van der Waals surface area contributed by atoms with Crippen LogP contribution in [0.5, 0.6) is 5.75 Å². The molecule has 25 heavy (non-hydrogen) atoms. The number of hydrogen-bond acceptors (Lipinski definition) is 4. The number of rotatable bonds is 3. The Kier molecular flexibility index (Phi) is 4.14. The number of benzene rings is 1. The molecule has 0 spiro atoms. The van der Waals surface area contributed by atoms with Crippen LogP contribution in [0.1, 0.15) is 0 Å². The van der Waals surface area contributed by atoms with Crippen LogP contribution in [0.2, 0.25) is 0 Å². The second-order valence-corrected chi connectivity index (χ2v) is 4.92. The first-order valence-corrected chi connectivity index (χ1v) is 6.97. The summed E-state index contributed by atoms with van der Waals surface area (Å²) in [6.45, 7) is 0. The maximum atomic E-state index is 12.3. The minimum atomic E-state index is -4.82. The van der Waals surface area contributed by atoms with Crippen molar-refractivity contribution in [1.82, 2.24) is 14.5 Å². The van der Waals surface area contributed by atoms with Crippen LogP contribution < -0.4 is 16.0 Å². The van der Waals surface area contributed by atoms with Crippen LogP contribution in [-0.2, 0) is 0 Å². The van der Waals surface area contributed by atoms with Gasteiger partial charge in [-0.25, -0.2) is 9.36 Å². The predicted octanol–water partition coefficient (Wildman–Crippen LogP) is 2.49. The van der Waals surface area contributed by atoms with Gasteiger partial charge in [0, 0.05) is 12.3 Å². The van der Waals surface area contributed by atoms with Crippen LogP contribution in [-0.4, -0.2) is 20.9 Å². The topological polar surface area (TPSA) is 77.0 Å². The van der Waals surface area contributed by atoms with Gasteiger partial charge < -0.3 is 9.72 Å². The van der Waals surface area contributed by atoms with E-state index in [-0.39, 0.29) is 11.4 Å². The SMILES string of the molecule is O=c1cc(-c2ccccn2)[nH]c(=O)n1-c1ccc(OC(F)(F)F)cc1. The standard InChI is InChI=1S/C16H10F3N3O3/c17-16(18,19)25-11-6-4-10(5-7-11)22-14(23)9-13(21-15(22)24)12-3-1-2-8-20-12/h1-9H,(H,21,24). The Morgan fingerprint density at radius 2 is 1.76 bits per heavy atom. The first kappa shape index (κ1) is 16.5. The number of halogens is 3. The largest absolute Gasteiger partial charge is 0.573 e. The number of nitrogens with zero attached hydrogens (tertiary/aromatic N) is 2. The zero-order valence-electron chi connectivity index (χ0n) is 12.4. The number of H-pyrrole nitrogens is 1. The van der Waals surface area contributed by atoms with Crippen LogP contribution in [0.25, 0.3) is 17.1 Å². The molecule has 0 amide bonds. The maximum absolute atomic E-state index is 12.3. The molecule has 0 radical (unpaired) electrons. The molecule has 0 aliphatic heterocycles. The van der Waals surface area contributed by atoms with E-state index in [0.29, 0.717) is 5.69 Å². The molecule has 1 N–H and O–H groups in total. The number of alkyl halides is 3. The molecule has 3 rings (SSSR count). The molecule has 0 unspecified atom stereocenters. The molecule has 0 aliphatic rings. The van der Waals surface area contributed by atoms with Gasteiger partial charge in [-0.1, -0.05) is 6.07 Å². The summed E-state index contributed by atoms with van der Waals surface area (Å²) >= 11 is 0. The van der Waals surface area contributed by atoms with E-state index in [4.69, 9.17) is 0 Å². The van der Waals surface area contributed by atoms with Crippen LogP contribution in [0, 0.1) is 0 Å². The fourth-order valence-electron chi connectivity index (χ4n) is 2.20. The van der Waals surface area contributed by atoms with Crippen LogP contribution in [0.3, 0.4) is 0 Å². The number of aromatic nitrogens is 3. The second kappa shape index (κ2) is 6.27. The lowest BCUT2D eigenvalue weighted by molar-refractivity contribution is -0.274. The Hall–Kier alpha value is -3.36. The normalized spacial score (nSPS) is 11.3. The number of ether oxygens (including phenoxy) is 1. The van der Waals surface area contributed by atoms with E-state index in [1.807, 2.05) is 0 Å². The van der Waals surface area contributed by atoms with E-state index in [2.05, 4.69) is 14.7 Å². The Balaban J connectivity index is 1.98. The smallest absolute Gasteiger partial charge is 0.406 e. The summed E-state index contributed by atoms with van der Waals surface area (Å²) in [6.07, 6.45) is -3.31. The van der Waals surface area contributed by atoms with Crippen molar-refractivity contribution in [3.8, 4) is 22.8 Å². The van der Waals surface area contributed by atoms with E-state index in [0.717, 1.165) is 16.7 Å². The van der Waals surface area contributed by atoms with Gasteiger partial charge in [-0.05, 0) is 36.4 Å². The van der Waals surface area contributed by atoms with Crippen molar-refractivity contribution in [3.05, 3.63) is 75.6 Å². The van der Waals surface area contributed by atoms with Gasteiger partial charge >= 0.3 is 12.1 Å². The molecule has 0 fully saturated rings. The Labute approximate surface area is 138 Å². The molecule has 0 aliphatic carbocycles. The van der Waals surface area contributed by atoms with E-state index < -0.39 is 23.4 Å². The monoisotopic (exact) mass is 349 g/mol. The average molecular weight is 349 g/mol. The summed E-state index contributed by atoms with van der Waals surface area (Å²) in [6, 6.07) is 10.6. The van der Waals surface area contributed by atoms with Crippen molar-refractivity contribution in [3.63, 3.8) is 0 Å². The number of hydrogen-bond donors (Lipinski definition) is 1. The van der Waals surface area contributed by atoms with E-state index in [9.17, 15) is 22.8 Å². The van der Waals surface area contributed by atoms with Crippen LogP contribution in [0.15, 0.2) is 64.3 Å². The zero-order valence-corrected chi connectivity index (χ0v) is 12.4. The summed E-state index contributed by atoms with van der Waals surface area (Å²) in [7, 11) is 0. The summed E-state index contributed by atoms with van der Waals surface area (Å²) in [5.41, 5.74) is -0.624. The lowest BCUT2D eigenvalue weighted by Crippen LogP contribution is -2.33. The Morgan fingerprint density at radius 3 is 2.32 bits per heavy atom. The number of aromatic amines is 1. The molecule has 9 heteroatoms. The first-order valence-electron chi connectivity index (χ1n) is 6.97. The molecule has 2 aromatic heterocycles. The molecule has 0 saturated carbocycles. The molecule has 1 aromatic carbocycles. The zero-order chi connectivity index (χ0) is 18.0. The molecule has 0 bridgehead atoms. The van der Waals surface area contributed by atoms with Gasteiger partial charge in [-0.15, -0.1) is 13.2 Å². The predicted molar refractivity (Wildman–Crippen MR) is 82.6 cm³/mol. The molecular weight excluding hydrogens is 339 g/mol. The van der Waals surface area contributed by atoms with Crippen LogP contribution >= 0.6 is 0 Å². The van der Waals surface area contributed by atoms with Gasteiger partial charge in [0.1, 0.15) is 5.75 Å². The summed E-state index contributed by atoms with van der Waals surface area (Å²) in [4.78, 5) is 31.0. The molecule has 0 saturated heterocycles. The molecule has 0 atom stereocenters. The van der Waals surface area contributed by atoms with Gasteiger partial charge in [0.2, 0.25) is 0 Å².